The smallest absolute Gasteiger partial charge is 0.313 e. The van der Waals surface area contributed by atoms with Gasteiger partial charge < -0.3 is 16.0 Å². The van der Waals surface area contributed by atoms with Gasteiger partial charge in [0.05, 0.1) is 11.4 Å². The van der Waals surface area contributed by atoms with E-state index in [9.17, 15) is 9.59 Å². The highest BCUT2D eigenvalue weighted by molar-refractivity contribution is 6.39. The predicted octanol–water partition coefficient (Wildman–Crippen LogP) is 2.10. The van der Waals surface area contributed by atoms with Crippen LogP contribution in [0.4, 0.5) is 11.4 Å². The van der Waals surface area contributed by atoms with Crippen LogP contribution >= 0.6 is 0 Å². The fourth-order valence-electron chi connectivity index (χ4n) is 2.78. The minimum Gasteiger partial charge on any atom is -0.397 e. The monoisotopic (exact) mass is 309 g/mol. The number of nitrogens with zero attached hydrogens (tertiary/aromatic N) is 1. The minimum absolute atomic E-state index is 0.454. The molecule has 0 saturated carbocycles. The summed E-state index contributed by atoms with van der Waals surface area (Å²) >= 11 is 0. The van der Waals surface area contributed by atoms with Crippen molar-refractivity contribution >= 4 is 23.2 Å². The summed E-state index contributed by atoms with van der Waals surface area (Å²) in [7, 11) is 0. The molecule has 0 saturated heterocycles. The van der Waals surface area contributed by atoms with Gasteiger partial charge in [-0.15, -0.1) is 0 Å². The van der Waals surface area contributed by atoms with Gasteiger partial charge in [-0.3, -0.25) is 9.59 Å². The molecule has 0 aliphatic carbocycles. The first-order chi connectivity index (χ1) is 11.0. The van der Waals surface area contributed by atoms with Gasteiger partial charge in [-0.1, -0.05) is 30.3 Å². The molecule has 3 rings (SSSR count). The zero-order valence-corrected chi connectivity index (χ0v) is 13.0. The Balaban J connectivity index is 1.70. The molecule has 0 aromatic heterocycles. The average molecular weight is 309 g/mol. The Morgan fingerprint density at radius 1 is 1.13 bits per heavy atom. The molecule has 5 nitrogen and oxygen atoms in total. The molecule has 0 spiro atoms. The van der Waals surface area contributed by atoms with Crippen molar-refractivity contribution in [2.24, 2.45) is 0 Å². The van der Waals surface area contributed by atoms with Crippen molar-refractivity contribution in [1.82, 2.24) is 4.90 Å². The second-order valence-corrected chi connectivity index (χ2v) is 5.79. The number of amides is 2. The summed E-state index contributed by atoms with van der Waals surface area (Å²) < 4.78 is 0. The maximum atomic E-state index is 12.4. The Bertz CT molecular complexity index is 771. The fourth-order valence-corrected chi connectivity index (χ4v) is 2.78. The molecule has 2 aromatic rings. The third-order valence-corrected chi connectivity index (χ3v) is 4.07. The van der Waals surface area contributed by atoms with E-state index in [2.05, 4.69) is 11.4 Å². The number of aryl methyl sites for hydroxylation is 1. The van der Waals surface area contributed by atoms with Crippen molar-refractivity contribution < 1.29 is 9.59 Å². The topological polar surface area (TPSA) is 75.4 Å². The van der Waals surface area contributed by atoms with Crippen LogP contribution in [0.2, 0.25) is 0 Å². The highest BCUT2D eigenvalue weighted by atomic mass is 16.2. The maximum absolute atomic E-state index is 12.4. The van der Waals surface area contributed by atoms with E-state index in [0.29, 0.717) is 24.5 Å². The van der Waals surface area contributed by atoms with Gasteiger partial charge in [-0.05, 0) is 42.2 Å². The predicted molar refractivity (Wildman–Crippen MR) is 89.8 cm³/mol. The van der Waals surface area contributed by atoms with Crippen LogP contribution in [0.1, 0.15) is 16.7 Å². The molecule has 23 heavy (non-hydrogen) atoms. The van der Waals surface area contributed by atoms with Crippen LogP contribution < -0.4 is 11.1 Å². The Hall–Kier alpha value is -2.82. The van der Waals surface area contributed by atoms with Crippen LogP contribution in [0.25, 0.3) is 0 Å². The van der Waals surface area contributed by atoms with E-state index >= 15 is 0 Å². The third kappa shape index (κ3) is 3.18. The molecule has 118 valence electrons. The van der Waals surface area contributed by atoms with Crippen molar-refractivity contribution in [2.45, 2.75) is 19.9 Å². The van der Waals surface area contributed by atoms with Gasteiger partial charge in [-0.25, -0.2) is 0 Å². The molecule has 0 unspecified atom stereocenters. The van der Waals surface area contributed by atoms with Gasteiger partial charge >= 0.3 is 11.8 Å². The first-order valence-corrected chi connectivity index (χ1v) is 7.58. The largest absolute Gasteiger partial charge is 0.397 e. The SMILES string of the molecule is Cc1ccc(NC(=O)C(=O)N2CCc3ccccc3C2)c(N)c1. The summed E-state index contributed by atoms with van der Waals surface area (Å²) in [6.45, 7) is 2.93. The normalized spacial score (nSPS) is 13.3. The zero-order valence-electron chi connectivity index (χ0n) is 13.0. The summed E-state index contributed by atoms with van der Waals surface area (Å²) in [4.78, 5) is 26.1. The van der Waals surface area contributed by atoms with Gasteiger partial charge in [-0.2, -0.15) is 0 Å². The first kappa shape index (κ1) is 15.1. The molecular formula is C18H19N3O2. The van der Waals surface area contributed by atoms with Crippen molar-refractivity contribution in [2.75, 3.05) is 17.6 Å². The van der Waals surface area contributed by atoms with Crippen molar-refractivity contribution in [3.8, 4) is 0 Å². The number of nitrogens with two attached hydrogens (primary N) is 1. The van der Waals surface area contributed by atoms with E-state index < -0.39 is 11.8 Å². The van der Waals surface area contributed by atoms with Gasteiger partial charge in [0.15, 0.2) is 0 Å². The molecule has 2 aromatic carbocycles. The summed E-state index contributed by atoms with van der Waals surface area (Å²) in [5.41, 5.74) is 10.1. The van der Waals surface area contributed by atoms with E-state index in [1.165, 1.54) is 5.56 Å². The minimum atomic E-state index is -0.653. The lowest BCUT2D eigenvalue weighted by atomic mass is 10.00. The molecule has 3 N–H and O–H groups in total. The Labute approximate surface area is 135 Å². The fraction of sp³-hybridized carbons (Fsp3) is 0.222. The van der Waals surface area contributed by atoms with Gasteiger partial charge in [0, 0.05) is 13.1 Å². The number of carbonyl (C=O) groups excluding carboxylic acids is 2. The summed E-state index contributed by atoms with van der Waals surface area (Å²) in [5, 5.41) is 2.60. The molecule has 1 aliphatic rings. The van der Waals surface area contributed by atoms with Crippen LogP contribution in [-0.2, 0) is 22.6 Å². The van der Waals surface area contributed by atoms with Crippen molar-refractivity contribution in [1.29, 1.82) is 0 Å². The van der Waals surface area contributed by atoms with Gasteiger partial charge in [0.2, 0.25) is 0 Å². The van der Waals surface area contributed by atoms with E-state index in [0.717, 1.165) is 17.5 Å². The number of carbonyl (C=O) groups is 2. The molecule has 1 heterocycles. The van der Waals surface area contributed by atoms with Gasteiger partial charge in [0.1, 0.15) is 0 Å². The van der Waals surface area contributed by atoms with Crippen molar-refractivity contribution in [3.05, 3.63) is 59.2 Å². The molecule has 0 bridgehead atoms. The second-order valence-electron chi connectivity index (χ2n) is 5.79. The number of nitrogen functional groups attached to an aromatic ring is 1. The quantitative estimate of drug-likeness (QED) is 0.626. The molecule has 0 fully saturated rings. The lowest BCUT2D eigenvalue weighted by Crippen LogP contribution is -2.42. The standard InChI is InChI=1S/C18H19N3O2/c1-12-6-7-16(15(19)10-12)20-17(22)18(23)21-9-8-13-4-2-3-5-14(13)11-21/h2-7,10H,8-9,11,19H2,1H3,(H,20,22). The third-order valence-electron chi connectivity index (χ3n) is 4.07. The maximum Gasteiger partial charge on any atom is 0.313 e. The first-order valence-electron chi connectivity index (χ1n) is 7.58. The number of benzene rings is 2. The second kappa shape index (κ2) is 6.12. The van der Waals surface area contributed by atoms with Crippen LogP contribution in [-0.4, -0.2) is 23.3 Å². The average Bonchev–Trinajstić information content (AvgIpc) is 2.56. The lowest BCUT2D eigenvalue weighted by molar-refractivity contribution is -0.143. The van der Waals surface area contributed by atoms with E-state index in [4.69, 9.17) is 5.73 Å². The van der Waals surface area contributed by atoms with Gasteiger partial charge in [0.25, 0.3) is 0 Å². The zero-order chi connectivity index (χ0) is 16.4. The number of nitrogens with one attached hydrogen (secondary N) is 1. The Morgan fingerprint density at radius 3 is 2.61 bits per heavy atom. The Morgan fingerprint density at radius 2 is 1.87 bits per heavy atom. The van der Waals surface area contributed by atoms with Crippen molar-refractivity contribution in [3.63, 3.8) is 0 Å². The van der Waals surface area contributed by atoms with E-state index in [1.807, 2.05) is 31.2 Å². The Kier molecular flexibility index (Phi) is 4.02. The molecule has 5 heteroatoms. The summed E-state index contributed by atoms with van der Waals surface area (Å²) in [5.74, 6) is -1.18. The number of hydrogen-bond donors (Lipinski definition) is 2. The molecule has 1 aliphatic heterocycles. The molecule has 0 atom stereocenters. The highest BCUT2D eigenvalue weighted by Crippen LogP contribution is 2.21. The number of hydrogen-bond acceptors (Lipinski definition) is 3. The van der Waals surface area contributed by atoms with E-state index in [-0.39, 0.29) is 0 Å². The number of fused-ring (bicyclic) bond motifs is 1. The molecular weight excluding hydrogens is 290 g/mol. The summed E-state index contributed by atoms with van der Waals surface area (Å²) in [6, 6.07) is 13.3. The molecule has 2 amide bonds. The summed E-state index contributed by atoms with van der Waals surface area (Å²) in [6.07, 6.45) is 0.766. The van der Waals surface area contributed by atoms with Crippen LogP contribution in [0.5, 0.6) is 0 Å². The number of anilines is 2. The lowest BCUT2D eigenvalue weighted by Gasteiger charge is -2.28. The highest BCUT2D eigenvalue weighted by Gasteiger charge is 2.25. The number of rotatable bonds is 1. The van der Waals surface area contributed by atoms with E-state index in [1.54, 1.807) is 17.0 Å². The van der Waals surface area contributed by atoms with Crippen LogP contribution in [0.15, 0.2) is 42.5 Å². The molecule has 0 radical (unpaired) electrons. The van der Waals surface area contributed by atoms with Crippen LogP contribution in [0.3, 0.4) is 0 Å². The van der Waals surface area contributed by atoms with Crippen LogP contribution in [0, 0.1) is 6.92 Å².